The molecule has 5 rings (SSSR count). The molecule has 2 aromatic heterocycles. The number of aryl methyl sites for hydroxylation is 1. The van der Waals surface area contributed by atoms with Gasteiger partial charge in [-0.1, -0.05) is 43.2 Å². The number of H-pyrrole nitrogens is 1. The predicted molar refractivity (Wildman–Crippen MR) is 131 cm³/mol. The Kier molecular flexibility index (Phi) is 6.31. The molecule has 0 spiro atoms. The molecule has 2 aliphatic rings. The Labute approximate surface area is 195 Å². The van der Waals surface area contributed by atoms with Crippen molar-refractivity contribution in [1.29, 1.82) is 0 Å². The molecule has 7 nitrogen and oxygen atoms in total. The van der Waals surface area contributed by atoms with E-state index in [2.05, 4.69) is 57.6 Å². The van der Waals surface area contributed by atoms with Gasteiger partial charge in [0.25, 0.3) is 5.56 Å². The molecule has 0 saturated carbocycles. The molecule has 2 aliphatic heterocycles. The SMILES string of the molecule is Cc1nn(Cc2ccccc2)c(C)c1CN1CCc2nc(N3CCCCCC3)[nH]c(=O)c2C1. The van der Waals surface area contributed by atoms with E-state index in [4.69, 9.17) is 10.1 Å². The molecular weight excluding hydrogens is 412 g/mol. The minimum Gasteiger partial charge on any atom is -0.342 e. The molecule has 1 aromatic carbocycles. The standard InChI is InChI=1S/C26H34N6O/c1-19-22(20(2)32(29-19)16-21-10-6-5-7-11-21)17-30-15-12-24-23(18-30)25(33)28-26(27-24)31-13-8-3-4-9-14-31/h5-7,10-11H,3-4,8-9,12-18H2,1-2H3,(H,27,28,33). The minimum atomic E-state index is 0.0252. The lowest BCUT2D eigenvalue weighted by molar-refractivity contribution is 0.241. The zero-order valence-electron chi connectivity index (χ0n) is 19.8. The van der Waals surface area contributed by atoms with Gasteiger partial charge in [-0.15, -0.1) is 0 Å². The van der Waals surface area contributed by atoms with Crippen LogP contribution in [-0.2, 0) is 26.1 Å². The highest BCUT2D eigenvalue weighted by molar-refractivity contribution is 5.35. The summed E-state index contributed by atoms with van der Waals surface area (Å²) < 4.78 is 2.10. The average molecular weight is 447 g/mol. The van der Waals surface area contributed by atoms with Gasteiger partial charge in [0.1, 0.15) is 0 Å². The molecule has 0 amide bonds. The molecule has 1 N–H and O–H groups in total. The summed E-state index contributed by atoms with van der Waals surface area (Å²) in [6.45, 7) is 9.34. The molecule has 0 radical (unpaired) electrons. The number of fused-ring (bicyclic) bond motifs is 1. The number of aromatic nitrogens is 4. The second-order valence-corrected chi connectivity index (χ2v) is 9.47. The third-order valence-electron chi connectivity index (χ3n) is 7.13. The maximum Gasteiger partial charge on any atom is 0.257 e. The monoisotopic (exact) mass is 446 g/mol. The number of aromatic amines is 1. The number of hydrogen-bond acceptors (Lipinski definition) is 5. The molecule has 1 saturated heterocycles. The van der Waals surface area contributed by atoms with Crippen molar-refractivity contribution in [1.82, 2.24) is 24.6 Å². The van der Waals surface area contributed by atoms with Crippen molar-refractivity contribution in [2.75, 3.05) is 24.5 Å². The Balaban J connectivity index is 1.31. The van der Waals surface area contributed by atoms with Crippen molar-refractivity contribution in [3.05, 3.63) is 74.5 Å². The Morgan fingerprint density at radius 2 is 1.73 bits per heavy atom. The van der Waals surface area contributed by atoms with Crippen LogP contribution in [0.1, 0.15) is 59.5 Å². The summed E-state index contributed by atoms with van der Waals surface area (Å²) in [7, 11) is 0. The van der Waals surface area contributed by atoms with Gasteiger partial charge in [-0.05, 0) is 32.3 Å². The fourth-order valence-electron chi connectivity index (χ4n) is 5.13. The lowest BCUT2D eigenvalue weighted by atomic mass is 10.1. The third-order valence-corrected chi connectivity index (χ3v) is 7.13. The lowest BCUT2D eigenvalue weighted by Crippen LogP contribution is -2.37. The third kappa shape index (κ3) is 4.74. The van der Waals surface area contributed by atoms with E-state index in [1.807, 2.05) is 6.07 Å². The Hall–Kier alpha value is -2.93. The van der Waals surface area contributed by atoms with Gasteiger partial charge < -0.3 is 4.90 Å². The topological polar surface area (TPSA) is 70.1 Å². The van der Waals surface area contributed by atoms with E-state index >= 15 is 0 Å². The van der Waals surface area contributed by atoms with E-state index in [9.17, 15) is 4.79 Å². The Morgan fingerprint density at radius 1 is 0.970 bits per heavy atom. The molecule has 4 heterocycles. The van der Waals surface area contributed by atoms with Gasteiger partial charge in [-0.25, -0.2) is 4.98 Å². The number of anilines is 1. The van der Waals surface area contributed by atoms with Gasteiger partial charge in [0.15, 0.2) is 0 Å². The fraction of sp³-hybridized carbons (Fsp3) is 0.500. The van der Waals surface area contributed by atoms with Crippen LogP contribution < -0.4 is 10.5 Å². The Bertz CT molecular complexity index is 1160. The number of rotatable bonds is 5. The predicted octanol–water partition coefficient (Wildman–Crippen LogP) is 3.57. The molecule has 7 heteroatoms. The van der Waals surface area contributed by atoms with Crippen molar-refractivity contribution in [3.63, 3.8) is 0 Å². The highest BCUT2D eigenvalue weighted by Crippen LogP contribution is 2.23. The maximum absolute atomic E-state index is 13.0. The van der Waals surface area contributed by atoms with Gasteiger partial charge in [0.2, 0.25) is 5.95 Å². The molecule has 0 atom stereocenters. The van der Waals surface area contributed by atoms with Crippen molar-refractivity contribution < 1.29 is 0 Å². The van der Waals surface area contributed by atoms with Crippen molar-refractivity contribution in [2.24, 2.45) is 0 Å². The van der Waals surface area contributed by atoms with Gasteiger partial charge >= 0.3 is 0 Å². The van der Waals surface area contributed by atoms with E-state index in [1.165, 1.54) is 42.5 Å². The molecular formula is C26H34N6O. The summed E-state index contributed by atoms with van der Waals surface area (Å²) in [6, 6.07) is 10.4. The van der Waals surface area contributed by atoms with Crippen LogP contribution in [0.4, 0.5) is 5.95 Å². The second kappa shape index (κ2) is 9.51. The molecule has 1 fully saturated rings. The van der Waals surface area contributed by atoms with Crippen LogP contribution in [0.5, 0.6) is 0 Å². The fourth-order valence-corrected chi connectivity index (χ4v) is 5.13. The first-order valence-corrected chi connectivity index (χ1v) is 12.2. The molecule has 3 aromatic rings. The molecule has 0 bridgehead atoms. The lowest BCUT2D eigenvalue weighted by Gasteiger charge is -2.29. The number of hydrogen-bond donors (Lipinski definition) is 1. The van der Waals surface area contributed by atoms with Crippen molar-refractivity contribution >= 4 is 5.95 Å². The number of benzene rings is 1. The molecule has 33 heavy (non-hydrogen) atoms. The van der Waals surface area contributed by atoms with E-state index in [0.717, 1.165) is 62.0 Å². The van der Waals surface area contributed by atoms with Gasteiger partial charge in [0.05, 0.1) is 23.5 Å². The largest absolute Gasteiger partial charge is 0.342 e. The first-order valence-electron chi connectivity index (χ1n) is 12.2. The molecule has 0 unspecified atom stereocenters. The van der Waals surface area contributed by atoms with E-state index < -0.39 is 0 Å². The van der Waals surface area contributed by atoms with E-state index in [-0.39, 0.29) is 5.56 Å². The zero-order valence-corrected chi connectivity index (χ0v) is 19.8. The van der Waals surface area contributed by atoms with E-state index in [1.54, 1.807) is 0 Å². The average Bonchev–Trinajstić information content (AvgIpc) is 3.01. The summed E-state index contributed by atoms with van der Waals surface area (Å²) in [6.07, 6.45) is 5.69. The van der Waals surface area contributed by atoms with Gasteiger partial charge in [-0.3, -0.25) is 19.4 Å². The molecule has 0 aliphatic carbocycles. The first kappa shape index (κ1) is 21.9. The summed E-state index contributed by atoms with van der Waals surface area (Å²) in [4.78, 5) is 25.6. The summed E-state index contributed by atoms with van der Waals surface area (Å²) >= 11 is 0. The van der Waals surface area contributed by atoms with Crippen molar-refractivity contribution in [2.45, 2.75) is 65.6 Å². The summed E-state index contributed by atoms with van der Waals surface area (Å²) in [5.41, 5.74) is 6.61. The van der Waals surface area contributed by atoms with Crippen LogP contribution in [0.15, 0.2) is 35.1 Å². The van der Waals surface area contributed by atoms with Crippen LogP contribution in [0, 0.1) is 13.8 Å². The normalized spacial score (nSPS) is 17.1. The highest BCUT2D eigenvalue weighted by Gasteiger charge is 2.24. The second-order valence-electron chi connectivity index (χ2n) is 9.47. The van der Waals surface area contributed by atoms with Crippen LogP contribution in [0.25, 0.3) is 0 Å². The number of nitrogens with one attached hydrogen (secondary N) is 1. The maximum atomic E-state index is 13.0. The van der Waals surface area contributed by atoms with E-state index in [0.29, 0.717) is 6.54 Å². The number of nitrogens with zero attached hydrogens (tertiary/aromatic N) is 5. The van der Waals surface area contributed by atoms with Crippen LogP contribution in [0.3, 0.4) is 0 Å². The summed E-state index contributed by atoms with van der Waals surface area (Å²) in [5, 5.41) is 4.81. The van der Waals surface area contributed by atoms with Gasteiger partial charge in [-0.2, -0.15) is 5.10 Å². The highest BCUT2D eigenvalue weighted by atomic mass is 16.1. The van der Waals surface area contributed by atoms with Crippen LogP contribution in [0.2, 0.25) is 0 Å². The van der Waals surface area contributed by atoms with Crippen LogP contribution >= 0.6 is 0 Å². The zero-order chi connectivity index (χ0) is 22.8. The Morgan fingerprint density at radius 3 is 2.48 bits per heavy atom. The first-order chi connectivity index (χ1) is 16.1. The van der Waals surface area contributed by atoms with Crippen molar-refractivity contribution in [3.8, 4) is 0 Å². The minimum absolute atomic E-state index is 0.0252. The quantitative estimate of drug-likeness (QED) is 0.649. The van der Waals surface area contributed by atoms with Gasteiger partial charge in [0, 0.05) is 50.4 Å². The smallest absolute Gasteiger partial charge is 0.257 e. The van der Waals surface area contributed by atoms with Crippen LogP contribution in [-0.4, -0.2) is 44.3 Å². The summed E-state index contributed by atoms with van der Waals surface area (Å²) in [5.74, 6) is 0.767. The molecule has 174 valence electrons.